The summed E-state index contributed by atoms with van der Waals surface area (Å²) in [7, 11) is 0. The molecule has 2 aromatic carbocycles. The zero-order valence-corrected chi connectivity index (χ0v) is 15.2. The van der Waals surface area contributed by atoms with Crippen molar-refractivity contribution >= 4 is 11.0 Å². The summed E-state index contributed by atoms with van der Waals surface area (Å²) >= 11 is 0. The molecule has 28 heavy (non-hydrogen) atoms. The van der Waals surface area contributed by atoms with Crippen LogP contribution in [-0.2, 0) is 6.42 Å². The van der Waals surface area contributed by atoms with Crippen LogP contribution in [0.15, 0.2) is 71.3 Å². The van der Waals surface area contributed by atoms with E-state index in [0.717, 1.165) is 33.5 Å². The number of rotatable bonds is 6. The molecule has 2 atom stereocenters. The van der Waals surface area contributed by atoms with Gasteiger partial charge in [-0.05, 0) is 29.8 Å². The molecule has 0 bridgehead atoms. The van der Waals surface area contributed by atoms with Gasteiger partial charge in [0.05, 0.1) is 12.3 Å². The molecule has 0 fully saturated rings. The predicted octanol–water partition coefficient (Wildman–Crippen LogP) is 3.16. The number of pyridine rings is 1. The van der Waals surface area contributed by atoms with E-state index in [1.807, 2.05) is 54.6 Å². The molecule has 0 aliphatic heterocycles. The van der Waals surface area contributed by atoms with Gasteiger partial charge in [-0.2, -0.15) is 0 Å². The van der Waals surface area contributed by atoms with Crippen LogP contribution in [0.3, 0.4) is 0 Å². The molecule has 0 aliphatic rings. The summed E-state index contributed by atoms with van der Waals surface area (Å²) in [6, 6.07) is 20.6. The number of fused-ring (bicyclic) bond motifs is 1. The molecule has 2 aromatic heterocycles. The lowest BCUT2D eigenvalue weighted by atomic mass is 9.94. The van der Waals surface area contributed by atoms with Crippen molar-refractivity contribution in [2.75, 3.05) is 6.61 Å². The molecule has 4 aromatic rings. The molecule has 2 heterocycles. The molecule has 0 aliphatic carbocycles. The molecule has 6 nitrogen and oxygen atoms in total. The minimum Gasteiger partial charge on any atom is -0.393 e. The Labute approximate surface area is 162 Å². The number of hydrogen-bond acceptors (Lipinski definition) is 6. The second-order valence-corrected chi connectivity index (χ2v) is 6.68. The zero-order valence-electron chi connectivity index (χ0n) is 15.2. The zero-order chi connectivity index (χ0) is 19.5. The SMILES string of the molecule is N[C@@H](Cc1cccc(C(O)CO)n1)c1ccccc1-c1noc2ccccc12. The highest BCUT2D eigenvalue weighted by Crippen LogP contribution is 2.33. The van der Waals surface area contributed by atoms with Crippen molar-refractivity contribution in [1.82, 2.24) is 10.1 Å². The Bertz CT molecular complexity index is 1090. The third-order valence-electron chi connectivity index (χ3n) is 4.76. The highest BCUT2D eigenvalue weighted by molar-refractivity contribution is 5.92. The maximum Gasteiger partial charge on any atom is 0.167 e. The number of para-hydroxylation sites is 1. The number of hydrogen-bond donors (Lipinski definition) is 3. The molecule has 0 saturated carbocycles. The van der Waals surface area contributed by atoms with Crippen LogP contribution in [0, 0.1) is 0 Å². The standard InChI is InChI=1S/C22H21N3O3/c23-18(12-14-6-5-10-19(24-14)20(27)13-26)15-7-1-2-8-16(15)22-17-9-3-4-11-21(17)28-25-22/h1-11,18,20,26-27H,12-13,23H2/t18-,20?/m0/s1. The third kappa shape index (κ3) is 3.53. The lowest BCUT2D eigenvalue weighted by Gasteiger charge is -2.16. The van der Waals surface area contributed by atoms with E-state index in [4.69, 9.17) is 15.4 Å². The van der Waals surface area contributed by atoms with Crippen LogP contribution in [0.2, 0.25) is 0 Å². The van der Waals surface area contributed by atoms with Crippen LogP contribution in [0.25, 0.3) is 22.2 Å². The van der Waals surface area contributed by atoms with Crippen molar-refractivity contribution in [2.24, 2.45) is 5.73 Å². The fourth-order valence-electron chi connectivity index (χ4n) is 3.34. The van der Waals surface area contributed by atoms with E-state index in [1.165, 1.54) is 0 Å². The number of benzene rings is 2. The molecule has 142 valence electrons. The minimum absolute atomic E-state index is 0.319. The summed E-state index contributed by atoms with van der Waals surface area (Å²) in [5.74, 6) is 0. The maximum atomic E-state index is 9.81. The number of aromatic nitrogens is 2. The third-order valence-corrected chi connectivity index (χ3v) is 4.76. The van der Waals surface area contributed by atoms with E-state index in [9.17, 15) is 5.11 Å². The van der Waals surface area contributed by atoms with Gasteiger partial charge in [-0.3, -0.25) is 4.98 Å². The van der Waals surface area contributed by atoms with E-state index in [-0.39, 0.29) is 12.6 Å². The van der Waals surface area contributed by atoms with Crippen LogP contribution in [0.5, 0.6) is 0 Å². The molecule has 6 heteroatoms. The first-order chi connectivity index (χ1) is 13.7. The Morgan fingerprint density at radius 1 is 0.964 bits per heavy atom. The van der Waals surface area contributed by atoms with Gasteiger partial charge in [0.25, 0.3) is 0 Å². The number of nitrogens with two attached hydrogens (primary N) is 1. The molecule has 0 saturated heterocycles. The van der Waals surface area contributed by atoms with Crippen molar-refractivity contribution in [3.63, 3.8) is 0 Å². The molecule has 4 rings (SSSR count). The lowest BCUT2D eigenvalue weighted by molar-refractivity contribution is 0.0921. The fraction of sp³-hybridized carbons (Fsp3) is 0.182. The van der Waals surface area contributed by atoms with Crippen molar-refractivity contribution in [3.8, 4) is 11.3 Å². The predicted molar refractivity (Wildman–Crippen MR) is 106 cm³/mol. The molecular weight excluding hydrogens is 354 g/mol. The summed E-state index contributed by atoms with van der Waals surface area (Å²) < 4.78 is 5.46. The Morgan fingerprint density at radius 2 is 1.75 bits per heavy atom. The maximum absolute atomic E-state index is 9.81. The van der Waals surface area contributed by atoms with E-state index in [0.29, 0.717) is 12.1 Å². The smallest absolute Gasteiger partial charge is 0.167 e. The van der Waals surface area contributed by atoms with Gasteiger partial charge in [0.15, 0.2) is 5.58 Å². The average Bonchev–Trinajstić information content (AvgIpc) is 3.17. The van der Waals surface area contributed by atoms with Gasteiger partial charge in [-0.1, -0.05) is 47.6 Å². The van der Waals surface area contributed by atoms with E-state index in [2.05, 4.69) is 10.1 Å². The largest absolute Gasteiger partial charge is 0.393 e. The molecule has 0 radical (unpaired) electrons. The van der Waals surface area contributed by atoms with Gasteiger partial charge in [0.2, 0.25) is 0 Å². The summed E-state index contributed by atoms with van der Waals surface area (Å²) in [5.41, 5.74) is 11.1. The van der Waals surface area contributed by atoms with Crippen molar-refractivity contribution < 1.29 is 14.7 Å². The normalized spacial score (nSPS) is 13.5. The summed E-state index contributed by atoms with van der Waals surface area (Å²) in [5, 5.41) is 24.1. The Balaban J connectivity index is 1.67. The number of nitrogens with zero attached hydrogens (tertiary/aromatic N) is 2. The second kappa shape index (κ2) is 7.90. The van der Waals surface area contributed by atoms with Crippen LogP contribution in [0.4, 0.5) is 0 Å². The van der Waals surface area contributed by atoms with Crippen LogP contribution in [-0.4, -0.2) is 27.0 Å². The highest BCUT2D eigenvalue weighted by atomic mass is 16.5. The second-order valence-electron chi connectivity index (χ2n) is 6.68. The first-order valence-corrected chi connectivity index (χ1v) is 9.11. The summed E-state index contributed by atoms with van der Waals surface area (Å²) in [4.78, 5) is 4.43. The summed E-state index contributed by atoms with van der Waals surface area (Å²) in [6.45, 7) is -0.370. The molecule has 0 spiro atoms. The molecule has 4 N–H and O–H groups in total. The Kier molecular flexibility index (Phi) is 5.16. The Morgan fingerprint density at radius 3 is 2.61 bits per heavy atom. The Hall–Kier alpha value is -3.06. The van der Waals surface area contributed by atoms with Gasteiger partial charge < -0.3 is 20.5 Å². The first kappa shape index (κ1) is 18.3. The van der Waals surface area contributed by atoms with Gasteiger partial charge >= 0.3 is 0 Å². The van der Waals surface area contributed by atoms with Crippen molar-refractivity contribution in [2.45, 2.75) is 18.6 Å². The topological polar surface area (TPSA) is 105 Å². The fourth-order valence-corrected chi connectivity index (χ4v) is 3.34. The highest BCUT2D eigenvalue weighted by Gasteiger charge is 2.18. The van der Waals surface area contributed by atoms with E-state index >= 15 is 0 Å². The van der Waals surface area contributed by atoms with Crippen LogP contribution >= 0.6 is 0 Å². The van der Waals surface area contributed by atoms with E-state index < -0.39 is 6.10 Å². The molecular formula is C22H21N3O3. The number of aliphatic hydroxyl groups is 2. The van der Waals surface area contributed by atoms with Gasteiger partial charge in [-0.25, -0.2) is 0 Å². The van der Waals surface area contributed by atoms with Gasteiger partial charge in [-0.15, -0.1) is 0 Å². The monoisotopic (exact) mass is 375 g/mol. The van der Waals surface area contributed by atoms with Crippen molar-refractivity contribution in [1.29, 1.82) is 0 Å². The molecule has 0 amide bonds. The van der Waals surface area contributed by atoms with Crippen molar-refractivity contribution in [3.05, 3.63) is 83.7 Å². The first-order valence-electron chi connectivity index (χ1n) is 9.11. The van der Waals surface area contributed by atoms with Crippen LogP contribution < -0.4 is 5.73 Å². The molecule has 1 unspecified atom stereocenters. The number of aliphatic hydroxyl groups excluding tert-OH is 2. The van der Waals surface area contributed by atoms with Gasteiger partial charge in [0, 0.05) is 29.1 Å². The van der Waals surface area contributed by atoms with Crippen LogP contribution in [0.1, 0.15) is 29.1 Å². The summed E-state index contributed by atoms with van der Waals surface area (Å²) in [6.07, 6.45) is -0.511. The lowest BCUT2D eigenvalue weighted by Crippen LogP contribution is -2.16. The minimum atomic E-state index is -0.995. The average molecular weight is 375 g/mol. The quantitative estimate of drug-likeness (QED) is 0.478. The van der Waals surface area contributed by atoms with Gasteiger partial charge in [0.1, 0.15) is 11.8 Å². The van der Waals surface area contributed by atoms with E-state index in [1.54, 1.807) is 12.1 Å².